The predicted octanol–water partition coefficient (Wildman–Crippen LogP) is 2.48. The van der Waals surface area contributed by atoms with Crippen LogP contribution in [0.15, 0.2) is 4.99 Å². The highest BCUT2D eigenvalue weighted by Gasteiger charge is 2.28. The summed E-state index contributed by atoms with van der Waals surface area (Å²) in [5.41, 5.74) is 0. The number of guanidine groups is 1. The molecule has 1 heterocycles. The minimum Gasteiger partial charge on any atom is -0.357 e. The summed E-state index contributed by atoms with van der Waals surface area (Å²) in [5.74, 6) is 1.28. The summed E-state index contributed by atoms with van der Waals surface area (Å²) in [6.45, 7) is 5.86. The van der Waals surface area contributed by atoms with Crippen LogP contribution in [0.2, 0.25) is 0 Å². The number of hydrogen-bond acceptors (Lipinski definition) is 3. The summed E-state index contributed by atoms with van der Waals surface area (Å²) < 4.78 is 23.0. The van der Waals surface area contributed by atoms with Gasteiger partial charge in [0.1, 0.15) is 0 Å². The van der Waals surface area contributed by atoms with E-state index in [1.54, 1.807) is 0 Å². The van der Waals surface area contributed by atoms with Crippen molar-refractivity contribution in [1.29, 1.82) is 0 Å². The van der Waals surface area contributed by atoms with Crippen LogP contribution in [-0.4, -0.2) is 45.0 Å². The fraction of sp³-hybridized carbons (Fsp3) is 0.938. The monoisotopic (exact) mass is 331 g/mol. The van der Waals surface area contributed by atoms with Gasteiger partial charge in [-0.2, -0.15) is 0 Å². The standard InChI is InChI=1S/C16H33N3O2S/c1-3-5-6-7-8-9-10-12-18-16(17-4-2)19-15-11-13-22(20,21)14-15/h15H,3-14H2,1-2H3,(H2,17,18,19). The lowest BCUT2D eigenvalue weighted by Crippen LogP contribution is -2.44. The Hall–Kier alpha value is -0.780. The van der Waals surface area contributed by atoms with E-state index in [2.05, 4.69) is 22.5 Å². The summed E-state index contributed by atoms with van der Waals surface area (Å²) in [6, 6.07) is 0.0110. The van der Waals surface area contributed by atoms with Crippen molar-refractivity contribution in [2.45, 2.75) is 71.3 Å². The van der Waals surface area contributed by atoms with Crippen molar-refractivity contribution >= 4 is 15.8 Å². The van der Waals surface area contributed by atoms with E-state index < -0.39 is 9.84 Å². The first kappa shape index (κ1) is 19.3. The number of unbranched alkanes of at least 4 members (excludes halogenated alkanes) is 6. The molecule has 0 aromatic rings. The minimum absolute atomic E-state index is 0.0110. The van der Waals surface area contributed by atoms with Gasteiger partial charge in [-0.05, 0) is 19.8 Å². The molecular formula is C16H33N3O2S. The Morgan fingerprint density at radius 2 is 1.77 bits per heavy atom. The quantitative estimate of drug-likeness (QED) is 0.366. The fourth-order valence-electron chi connectivity index (χ4n) is 2.68. The Labute approximate surface area is 136 Å². The van der Waals surface area contributed by atoms with Crippen molar-refractivity contribution in [2.24, 2.45) is 4.99 Å². The van der Waals surface area contributed by atoms with Gasteiger partial charge < -0.3 is 10.6 Å². The molecule has 0 radical (unpaired) electrons. The molecule has 6 heteroatoms. The van der Waals surface area contributed by atoms with Gasteiger partial charge in [-0.15, -0.1) is 0 Å². The number of nitrogens with zero attached hydrogens (tertiary/aromatic N) is 1. The van der Waals surface area contributed by atoms with E-state index in [-0.39, 0.29) is 11.8 Å². The highest BCUT2D eigenvalue weighted by molar-refractivity contribution is 7.91. The molecule has 1 saturated heterocycles. The van der Waals surface area contributed by atoms with Gasteiger partial charge in [-0.1, -0.05) is 45.4 Å². The summed E-state index contributed by atoms with van der Waals surface area (Å²) in [7, 11) is -2.84. The Balaban J connectivity index is 2.21. The van der Waals surface area contributed by atoms with E-state index in [0.717, 1.165) is 25.5 Å². The lowest BCUT2D eigenvalue weighted by Gasteiger charge is -2.15. The zero-order chi connectivity index (χ0) is 16.3. The molecule has 1 atom stereocenters. The zero-order valence-corrected chi connectivity index (χ0v) is 15.1. The molecule has 0 aromatic carbocycles. The van der Waals surface area contributed by atoms with E-state index >= 15 is 0 Å². The SMILES string of the molecule is CCCCCCCCCN=C(NCC)NC1CCS(=O)(=O)C1. The number of hydrogen-bond donors (Lipinski definition) is 2. The van der Waals surface area contributed by atoms with Gasteiger partial charge in [-0.25, -0.2) is 8.42 Å². The molecule has 0 amide bonds. The highest BCUT2D eigenvalue weighted by Crippen LogP contribution is 2.11. The normalized spacial score (nSPS) is 21.0. The van der Waals surface area contributed by atoms with Crippen LogP contribution in [0.5, 0.6) is 0 Å². The molecule has 0 aromatic heterocycles. The molecular weight excluding hydrogens is 298 g/mol. The molecule has 0 aliphatic carbocycles. The van der Waals surface area contributed by atoms with E-state index in [9.17, 15) is 8.42 Å². The van der Waals surface area contributed by atoms with Crippen LogP contribution in [0.1, 0.15) is 65.2 Å². The van der Waals surface area contributed by atoms with Crippen molar-refractivity contribution in [3.63, 3.8) is 0 Å². The lowest BCUT2D eigenvalue weighted by molar-refractivity contribution is 0.590. The molecule has 0 spiro atoms. The first-order valence-electron chi connectivity index (χ1n) is 8.82. The Morgan fingerprint density at radius 3 is 2.36 bits per heavy atom. The van der Waals surface area contributed by atoms with Crippen LogP contribution in [0.4, 0.5) is 0 Å². The van der Waals surface area contributed by atoms with Crippen molar-refractivity contribution in [1.82, 2.24) is 10.6 Å². The molecule has 2 N–H and O–H groups in total. The Bertz CT molecular complexity index is 421. The Kier molecular flexibility index (Phi) is 9.52. The maximum atomic E-state index is 11.5. The van der Waals surface area contributed by atoms with Crippen LogP contribution < -0.4 is 10.6 Å². The second-order valence-corrected chi connectivity index (χ2v) is 8.35. The smallest absolute Gasteiger partial charge is 0.191 e. The molecule has 22 heavy (non-hydrogen) atoms. The van der Waals surface area contributed by atoms with Crippen LogP contribution in [0.3, 0.4) is 0 Å². The molecule has 5 nitrogen and oxygen atoms in total. The van der Waals surface area contributed by atoms with Crippen molar-refractivity contribution < 1.29 is 8.42 Å². The maximum Gasteiger partial charge on any atom is 0.191 e. The number of nitrogens with one attached hydrogen (secondary N) is 2. The van der Waals surface area contributed by atoms with Gasteiger partial charge in [0, 0.05) is 19.1 Å². The minimum atomic E-state index is -2.84. The predicted molar refractivity (Wildman–Crippen MR) is 94.2 cm³/mol. The molecule has 1 aliphatic rings. The van der Waals surface area contributed by atoms with Gasteiger partial charge >= 0.3 is 0 Å². The first-order chi connectivity index (χ1) is 10.6. The average Bonchev–Trinajstić information content (AvgIpc) is 2.81. The van der Waals surface area contributed by atoms with Crippen molar-refractivity contribution in [3.05, 3.63) is 0 Å². The number of aliphatic imine (C=N–C) groups is 1. The third-order valence-electron chi connectivity index (χ3n) is 3.95. The fourth-order valence-corrected chi connectivity index (χ4v) is 4.36. The topological polar surface area (TPSA) is 70.6 Å². The third kappa shape index (κ3) is 8.61. The highest BCUT2D eigenvalue weighted by atomic mass is 32.2. The van der Waals surface area contributed by atoms with Gasteiger partial charge in [-0.3, -0.25) is 4.99 Å². The molecule has 1 unspecified atom stereocenters. The van der Waals surface area contributed by atoms with Crippen LogP contribution in [0.25, 0.3) is 0 Å². The van der Waals surface area contributed by atoms with Gasteiger partial charge in [0.15, 0.2) is 15.8 Å². The Morgan fingerprint density at radius 1 is 1.09 bits per heavy atom. The second kappa shape index (κ2) is 10.9. The summed E-state index contributed by atoms with van der Waals surface area (Å²) in [6.07, 6.45) is 9.62. The number of sulfone groups is 1. The summed E-state index contributed by atoms with van der Waals surface area (Å²) >= 11 is 0. The summed E-state index contributed by atoms with van der Waals surface area (Å²) in [5, 5.41) is 6.45. The van der Waals surface area contributed by atoms with Gasteiger partial charge in [0.05, 0.1) is 11.5 Å². The molecule has 130 valence electrons. The summed E-state index contributed by atoms with van der Waals surface area (Å²) in [4.78, 5) is 4.56. The lowest BCUT2D eigenvalue weighted by atomic mass is 10.1. The second-order valence-electron chi connectivity index (χ2n) is 6.13. The first-order valence-corrected chi connectivity index (χ1v) is 10.6. The van der Waals surface area contributed by atoms with Gasteiger partial charge in [0.25, 0.3) is 0 Å². The number of rotatable bonds is 10. The van der Waals surface area contributed by atoms with Crippen molar-refractivity contribution in [2.75, 3.05) is 24.6 Å². The third-order valence-corrected chi connectivity index (χ3v) is 5.72. The van der Waals surface area contributed by atoms with E-state index in [4.69, 9.17) is 0 Å². The molecule has 1 fully saturated rings. The molecule has 1 aliphatic heterocycles. The van der Waals surface area contributed by atoms with E-state index in [0.29, 0.717) is 12.2 Å². The van der Waals surface area contributed by atoms with Gasteiger partial charge in [0.2, 0.25) is 0 Å². The average molecular weight is 332 g/mol. The largest absolute Gasteiger partial charge is 0.357 e. The molecule has 0 bridgehead atoms. The van der Waals surface area contributed by atoms with Crippen molar-refractivity contribution in [3.8, 4) is 0 Å². The zero-order valence-electron chi connectivity index (χ0n) is 14.2. The van der Waals surface area contributed by atoms with E-state index in [1.807, 2.05) is 6.92 Å². The molecule has 1 rings (SSSR count). The van der Waals surface area contributed by atoms with E-state index in [1.165, 1.54) is 38.5 Å². The van der Waals surface area contributed by atoms with Crippen LogP contribution in [0, 0.1) is 0 Å². The van der Waals surface area contributed by atoms with Crippen LogP contribution in [-0.2, 0) is 9.84 Å². The molecule has 0 saturated carbocycles. The van der Waals surface area contributed by atoms with Crippen LogP contribution >= 0.6 is 0 Å². The maximum absolute atomic E-state index is 11.5.